The molecule has 0 atom stereocenters. The highest BCUT2D eigenvalue weighted by molar-refractivity contribution is 5.17. The molecule has 0 N–H and O–H groups in total. The minimum atomic E-state index is -0.194. The lowest BCUT2D eigenvalue weighted by molar-refractivity contribution is 0.623. The number of aryl methyl sites for hydroxylation is 1. The van der Waals surface area contributed by atoms with Gasteiger partial charge in [0, 0.05) is 18.4 Å². The van der Waals surface area contributed by atoms with Gasteiger partial charge in [0.25, 0.3) is 0 Å². The van der Waals surface area contributed by atoms with Crippen LogP contribution in [0.15, 0.2) is 36.8 Å². The van der Waals surface area contributed by atoms with Gasteiger partial charge in [0.1, 0.15) is 5.82 Å². The zero-order valence-electron chi connectivity index (χ0n) is 7.94. The van der Waals surface area contributed by atoms with Crippen LogP contribution in [0.2, 0.25) is 0 Å². The van der Waals surface area contributed by atoms with E-state index in [0.717, 1.165) is 11.3 Å². The smallest absolute Gasteiger partial charge is 0.123 e. The molecular weight excluding hydrogens is 179 g/mol. The van der Waals surface area contributed by atoms with Crippen molar-refractivity contribution in [3.05, 3.63) is 53.9 Å². The Bertz CT molecular complexity index is 434. The number of rotatable bonds is 2. The van der Waals surface area contributed by atoms with Crippen LogP contribution in [-0.2, 0) is 6.54 Å². The molecule has 2 nitrogen and oxygen atoms in total. The van der Waals surface area contributed by atoms with Crippen molar-refractivity contribution in [2.24, 2.45) is 0 Å². The molecular formula is C11H11FN2. The van der Waals surface area contributed by atoms with Crippen molar-refractivity contribution in [2.75, 3.05) is 0 Å². The number of hydrogen-bond donors (Lipinski definition) is 0. The first kappa shape index (κ1) is 8.94. The molecule has 1 aromatic heterocycles. The first-order valence-corrected chi connectivity index (χ1v) is 4.47. The number of halogens is 1. The number of hydrogen-bond acceptors (Lipinski definition) is 1. The summed E-state index contributed by atoms with van der Waals surface area (Å²) in [6.07, 6.45) is 3.54. The monoisotopic (exact) mass is 190 g/mol. The van der Waals surface area contributed by atoms with Crippen molar-refractivity contribution in [1.82, 2.24) is 9.55 Å². The van der Waals surface area contributed by atoms with E-state index in [1.54, 1.807) is 24.7 Å². The first-order chi connectivity index (χ1) is 6.75. The number of aromatic nitrogens is 2. The van der Waals surface area contributed by atoms with Crippen LogP contribution in [0.5, 0.6) is 0 Å². The van der Waals surface area contributed by atoms with Gasteiger partial charge >= 0.3 is 0 Å². The molecule has 0 saturated heterocycles. The highest BCUT2D eigenvalue weighted by Crippen LogP contribution is 2.07. The molecule has 14 heavy (non-hydrogen) atoms. The largest absolute Gasteiger partial charge is 0.330 e. The molecule has 0 bridgehead atoms. The summed E-state index contributed by atoms with van der Waals surface area (Å²) in [4.78, 5) is 4.01. The summed E-state index contributed by atoms with van der Waals surface area (Å²) >= 11 is 0. The maximum Gasteiger partial charge on any atom is 0.123 e. The van der Waals surface area contributed by atoms with E-state index < -0.39 is 0 Å². The third-order valence-electron chi connectivity index (χ3n) is 2.16. The number of benzene rings is 1. The van der Waals surface area contributed by atoms with Gasteiger partial charge in [-0.1, -0.05) is 12.1 Å². The average molecular weight is 190 g/mol. The van der Waals surface area contributed by atoms with Crippen LogP contribution in [-0.4, -0.2) is 9.55 Å². The zero-order valence-corrected chi connectivity index (χ0v) is 7.94. The standard InChI is InChI=1S/C11H11FN2/c1-9-6-13-8-14(9)7-10-3-2-4-11(12)5-10/h2-6,8H,7H2,1H3. The molecule has 2 aromatic rings. The highest BCUT2D eigenvalue weighted by atomic mass is 19.1. The maximum absolute atomic E-state index is 12.9. The van der Waals surface area contributed by atoms with Gasteiger partial charge in [-0.15, -0.1) is 0 Å². The van der Waals surface area contributed by atoms with Crippen molar-refractivity contribution in [2.45, 2.75) is 13.5 Å². The lowest BCUT2D eigenvalue weighted by Gasteiger charge is -2.04. The Kier molecular flexibility index (Phi) is 2.31. The third kappa shape index (κ3) is 1.82. The highest BCUT2D eigenvalue weighted by Gasteiger charge is 1.99. The summed E-state index contributed by atoms with van der Waals surface area (Å²) < 4.78 is 14.9. The molecule has 0 amide bonds. The summed E-state index contributed by atoms with van der Waals surface area (Å²) in [5, 5.41) is 0. The molecule has 0 saturated carbocycles. The van der Waals surface area contributed by atoms with Crippen LogP contribution < -0.4 is 0 Å². The van der Waals surface area contributed by atoms with Crippen LogP contribution in [0.3, 0.4) is 0 Å². The Balaban J connectivity index is 2.23. The van der Waals surface area contributed by atoms with E-state index in [9.17, 15) is 4.39 Å². The predicted octanol–water partition coefficient (Wildman–Crippen LogP) is 2.38. The molecule has 1 aromatic carbocycles. The molecule has 0 unspecified atom stereocenters. The lowest BCUT2D eigenvalue weighted by atomic mass is 10.2. The van der Waals surface area contributed by atoms with Crippen LogP contribution in [0.25, 0.3) is 0 Å². The van der Waals surface area contributed by atoms with Gasteiger partial charge in [-0.25, -0.2) is 9.37 Å². The minimum Gasteiger partial charge on any atom is -0.330 e. The Labute approximate surface area is 82.0 Å². The first-order valence-electron chi connectivity index (χ1n) is 4.47. The summed E-state index contributed by atoms with van der Waals surface area (Å²) in [5.41, 5.74) is 2.03. The minimum absolute atomic E-state index is 0.194. The lowest BCUT2D eigenvalue weighted by Crippen LogP contribution is -2.00. The van der Waals surface area contributed by atoms with Crippen LogP contribution in [0.1, 0.15) is 11.3 Å². The van der Waals surface area contributed by atoms with Crippen LogP contribution >= 0.6 is 0 Å². The third-order valence-corrected chi connectivity index (χ3v) is 2.16. The predicted molar refractivity (Wildman–Crippen MR) is 52.5 cm³/mol. The summed E-state index contributed by atoms with van der Waals surface area (Å²) in [7, 11) is 0. The van der Waals surface area contributed by atoms with Gasteiger partial charge in [-0.2, -0.15) is 0 Å². The van der Waals surface area contributed by atoms with E-state index >= 15 is 0 Å². The van der Waals surface area contributed by atoms with Gasteiger partial charge in [0.15, 0.2) is 0 Å². The Morgan fingerprint density at radius 2 is 2.29 bits per heavy atom. The van der Waals surface area contributed by atoms with Crippen molar-refractivity contribution in [3.63, 3.8) is 0 Å². The average Bonchev–Trinajstić information content (AvgIpc) is 2.52. The molecule has 3 heteroatoms. The van der Waals surface area contributed by atoms with E-state index in [1.165, 1.54) is 6.07 Å². The Morgan fingerprint density at radius 1 is 1.43 bits per heavy atom. The normalized spacial score (nSPS) is 10.4. The van der Waals surface area contributed by atoms with E-state index in [-0.39, 0.29) is 5.82 Å². The Morgan fingerprint density at radius 3 is 2.93 bits per heavy atom. The van der Waals surface area contributed by atoms with Crippen LogP contribution in [0.4, 0.5) is 4.39 Å². The molecule has 0 aliphatic heterocycles. The summed E-state index contributed by atoms with van der Waals surface area (Å²) in [5.74, 6) is -0.194. The van der Waals surface area contributed by atoms with Gasteiger partial charge in [0.2, 0.25) is 0 Å². The van der Waals surface area contributed by atoms with Crippen LogP contribution in [0, 0.1) is 12.7 Å². The molecule has 0 radical (unpaired) electrons. The second kappa shape index (κ2) is 3.62. The molecule has 72 valence electrons. The quantitative estimate of drug-likeness (QED) is 0.711. The molecule has 0 aliphatic rings. The van der Waals surface area contributed by atoms with E-state index in [1.807, 2.05) is 17.6 Å². The summed E-state index contributed by atoms with van der Waals surface area (Å²) in [6.45, 7) is 2.65. The van der Waals surface area contributed by atoms with E-state index in [2.05, 4.69) is 4.98 Å². The number of imidazole rings is 1. The molecule has 2 rings (SSSR count). The zero-order chi connectivity index (χ0) is 9.97. The van der Waals surface area contributed by atoms with E-state index in [4.69, 9.17) is 0 Å². The van der Waals surface area contributed by atoms with Crippen molar-refractivity contribution in [1.29, 1.82) is 0 Å². The van der Waals surface area contributed by atoms with Gasteiger partial charge < -0.3 is 4.57 Å². The molecule has 0 spiro atoms. The van der Waals surface area contributed by atoms with Crippen molar-refractivity contribution in [3.8, 4) is 0 Å². The molecule has 1 heterocycles. The SMILES string of the molecule is Cc1cncn1Cc1cccc(F)c1. The second-order valence-corrected chi connectivity index (χ2v) is 3.29. The van der Waals surface area contributed by atoms with Gasteiger partial charge in [-0.05, 0) is 24.6 Å². The van der Waals surface area contributed by atoms with Gasteiger partial charge in [0.05, 0.1) is 6.33 Å². The Hall–Kier alpha value is -1.64. The fraction of sp³-hybridized carbons (Fsp3) is 0.182. The van der Waals surface area contributed by atoms with E-state index in [0.29, 0.717) is 6.54 Å². The topological polar surface area (TPSA) is 17.8 Å². The number of nitrogens with zero attached hydrogens (tertiary/aromatic N) is 2. The fourth-order valence-corrected chi connectivity index (χ4v) is 1.38. The second-order valence-electron chi connectivity index (χ2n) is 3.29. The maximum atomic E-state index is 12.9. The van der Waals surface area contributed by atoms with Crippen molar-refractivity contribution < 1.29 is 4.39 Å². The molecule has 0 fully saturated rings. The van der Waals surface area contributed by atoms with Gasteiger partial charge in [-0.3, -0.25) is 0 Å². The molecule has 0 aliphatic carbocycles. The van der Waals surface area contributed by atoms with Crippen molar-refractivity contribution >= 4 is 0 Å². The summed E-state index contributed by atoms with van der Waals surface area (Å²) in [6, 6.07) is 6.61. The fourth-order valence-electron chi connectivity index (χ4n) is 1.38.